The quantitative estimate of drug-likeness (QED) is 0.258. The van der Waals surface area contributed by atoms with Gasteiger partial charge in [0, 0.05) is 10.6 Å². The smallest absolute Gasteiger partial charge is 0.213 e. The summed E-state index contributed by atoms with van der Waals surface area (Å²) in [5.41, 5.74) is 6.99. The standard InChI is InChI=1S/C19H13Cl2N5O2S2/c20-12-2-1-3-13(21)15(12)16(27)17-18(22)25-19(30-17)24-10-4-6-11(7-5-10)29-8-14-23-9-28-26-14/h1-7,9H,8,22H2,(H,24,25). The first kappa shape index (κ1) is 20.7. The number of nitrogens with one attached hydrogen (secondary N) is 1. The molecule has 0 aliphatic carbocycles. The van der Waals surface area contributed by atoms with Crippen LogP contribution in [0, 0.1) is 0 Å². The minimum Gasteiger partial charge on any atom is -0.382 e. The highest BCUT2D eigenvalue weighted by Gasteiger charge is 2.22. The lowest BCUT2D eigenvalue weighted by atomic mass is 10.1. The van der Waals surface area contributed by atoms with Gasteiger partial charge < -0.3 is 15.6 Å². The SMILES string of the molecule is Nc1nc(Nc2ccc(SCc3ncon3)cc2)sc1C(=O)c1c(Cl)cccc1Cl. The predicted molar refractivity (Wildman–Crippen MR) is 120 cm³/mol. The fraction of sp³-hybridized carbons (Fsp3) is 0.0526. The maximum absolute atomic E-state index is 12.9. The number of halogens is 2. The van der Waals surface area contributed by atoms with E-state index in [4.69, 9.17) is 33.5 Å². The predicted octanol–water partition coefficient (Wildman–Crippen LogP) is 5.68. The lowest BCUT2D eigenvalue weighted by Gasteiger charge is -2.04. The number of anilines is 3. The third kappa shape index (κ3) is 4.59. The van der Waals surface area contributed by atoms with Gasteiger partial charge in [-0.1, -0.05) is 45.8 Å². The first-order valence-electron chi connectivity index (χ1n) is 8.51. The number of aromatic nitrogens is 3. The minimum absolute atomic E-state index is 0.121. The Bertz CT molecular complexity index is 1160. The molecular weight excluding hydrogens is 465 g/mol. The summed E-state index contributed by atoms with van der Waals surface area (Å²) >= 11 is 15.0. The normalized spacial score (nSPS) is 10.9. The molecule has 0 unspecified atom stereocenters. The number of thiazole rings is 1. The van der Waals surface area contributed by atoms with Gasteiger partial charge in [0.1, 0.15) is 10.7 Å². The van der Waals surface area contributed by atoms with Crippen LogP contribution in [0.25, 0.3) is 0 Å². The third-order valence-corrected chi connectivity index (χ3v) is 6.55. The Labute approximate surface area is 189 Å². The largest absolute Gasteiger partial charge is 0.382 e. The van der Waals surface area contributed by atoms with Crippen LogP contribution in [0.3, 0.4) is 0 Å². The van der Waals surface area contributed by atoms with Gasteiger partial charge in [0.15, 0.2) is 11.0 Å². The molecule has 0 atom stereocenters. The second-order valence-electron chi connectivity index (χ2n) is 5.94. The first-order valence-corrected chi connectivity index (χ1v) is 11.1. The van der Waals surface area contributed by atoms with Crippen LogP contribution >= 0.6 is 46.3 Å². The van der Waals surface area contributed by atoms with Gasteiger partial charge in [-0.25, -0.2) is 4.98 Å². The van der Waals surface area contributed by atoms with Crippen LogP contribution in [0.4, 0.5) is 16.6 Å². The van der Waals surface area contributed by atoms with Crippen molar-refractivity contribution in [2.75, 3.05) is 11.1 Å². The number of benzene rings is 2. The molecule has 4 aromatic rings. The van der Waals surface area contributed by atoms with E-state index in [2.05, 4.69) is 20.4 Å². The fourth-order valence-electron chi connectivity index (χ4n) is 2.54. The van der Waals surface area contributed by atoms with E-state index in [9.17, 15) is 4.79 Å². The molecule has 2 aromatic heterocycles. The molecule has 7 nitrogen and oxygen atoms in total. The maximum atomic E-state index is 12.9. The summed E-state index contributed by atoms with van der Waals surface area (Å²) in [7, 11) is 0. The maximum Gasteiger partial charge on any atom is 0.213 e. The highest BCUT2D eigenvalue weighted by Crippen LogP contribution is 2.34. The molecule has 0 amide bonds. The number of carbonyl (C=O) groups excluding carboxylic acids is 1. The van der Waals surface area contributed by atoms with Gasteiger partial charge in [-0.15, -0.1) is 11.8 Å². The number of thioether (sulfide) groups is 1. The highest BCUT2D eigenvalue weighted by molar-refractivity contribution is 7.98. The van der Waals surface area contributed by atoms with Gasteiger partial charge in [0.25, 0.3) is 0 Å². The topological polar surface area (TPSA) is 107 Å². The average molecular weight is 478 g/mol. The number of nitrogens with two attached hydrogens (primary N) is 1. The Balaban J connectivity index is 1.46. The lowest BCUT2D eigenvalue weighted by Crippen LogP contribution is -2.04. The van der Waals surface area contributed by atoms with Gasteiger partial charge in [0.2, 0.25) is 12.2 Å². The molecule has 4 rings (SSSR count). The van der Waals surface area contributed by atoms with E-state index in [-0.39, 0.29) is 32.1 Å². The monoisotopic (exact) mass is 477 g/mol. The molecular formula is C19H13Cl2N5O2S2. The molecule has 0 saturated carbocycles. The Morgan fingerprint density at radius 1 is 1.17 bits per heavy atom. The van der Waals surface area contributed by atoms with Gasteiger partial charge in [0.05, 0.1) is 21.4 Å². The van der Waals surface area contributed by atoms with Crippen LogP contribution in [0.1, 0.15) is 21.1 Å². The molecule has 2 heterocycles. The van der Waals surface area contributed by atoms with Gasteiger partial charge in [-0.2, -0.15) is 4.98 Å². The van der Waals surface area contributed by atoms with Crippen molar-refractivity contribution in [3.05, 3.63) is 75.2 Å². The van der Waals surface area contributed by atoms with Crippen molar-refractivity contribution in [1.82, 2.24) is 15.1 Å². The lowest BCUT2D eigenvalue weighted by molar-refractivity contribution is 0.104. The number of hydrogen-bond acceptors (Lipinski definition) is 9. The second-order valence-corrected chi connectivity index (χ2v) is 8.81. The van der Waals surface area contributed by atoms with E-state index in [1.54, 1.807) is 30.0 Å². The second kappa shape index (κ2) is 9.05. The van der Waals surface area contributed by atoms with Gasteiger partial charge in [-0.3, -0.25) is 4.79 Å². The molecule has 0 bridgehead atoms. The Kier molecular flexibility index (Phi) is 6.24. The summed E-state index contributed by atoms with van der Waals surface area (Å²) < 4.78 is 4.72. The molecule has 2 aromatic carbocycles. The van der Waals surface area contributed by atoms with Crippen LogP contribution in [-0.4, -0.2) is 20.9 Å². The number of hydrogen-bond donors (Lipinski definition) is 2. The first-order chi connectivity index (χ1) is 14.5. The highest BCUT2D eigenvalue weighted by atomic mass is 35.5. The summed E-state index contributed by atoms with van der Waals surface area (Å²) in [6.07, 6.45) is 1.31. The zero-order chi connectivity index (χ0) is 21.1. The number of carbonyl (C=O) groups is 1. The van der Waals surface area contributed by atoms with Gasteiger partial charge >= 0.3 is 0 Å². The van der Waals surface area contributed by atoms with Crippen molar-refractivity contribution in [2.45, 2.75) is 10.6 Å². The van der Waals surface area contributed by atoms with Crippen LogP contribution in [0.15, 0.2) is 58.3 Å². The fourth-order valence-corrected chi connectivity index (χ4v) is 4.71. The summed E-state index contributed by atoms with van der Waals surface area (Å²) in [6.45, 7) is 0. The molecule has 0 spiro atoms. The summed E-state index contributed by atoms with van der Waals surface area (Å²) in [4.78, 5) is 22.4. The molecule has 30 heavy (non-hydrogen) atoms. The number of ketones is 1. The van der Waals surface area contributed by atoms with Crippen LogP contribution in [-0.2, 0) is 5.75 Å². The van der Waals surface area contributed by atoms with E-state index < -0.39 is 0 Å². The number of nitrogen functional groups attached to an aromatic ring is 1. The van der Waals surface area contributed by atoms with Crippen molar-refractivity contribution >= 4 is 68.7 Å². The Morgan fingerprint density at radius 2 is 1.90 bits per heavy atom. The van der Waals surface area contributed by atoms with Crippen LogP contribution in [0.5, 0.6) is 0 Å². The summed E-state index contributed by atoms with van der Waals surface area (Å²) in [6, 6.07) is 12.6. The van der Waals surface area contributed by atoms with E-state index in [1.165, 1.54) is 6.39 Å². The molecule has 3 N–H and O–H groups in total. The molecule has 0 saturated heterocycles. The molecule has 11 heteroatoms. The van der Waals surface area contributed by atoms with E-state index >= 15 is 0 Å². The van der Waals surface area contributed by atoms with E-state index in [0.717, 1.165) is 21.9 Å². The van der Waals surface area contributed by atoms with Crippen LogP contribution in [0.2, 0.25) is 10.0 Å². The van der Waals surface area contributed by atoms with E-state index in [0.29, 0.717) is 16.7 Å². The Hall–Kier alpha value is -2.59. The average Bonchev–Trinajstić information content (AvgIpc) is 3.37. The zero-order valence-electron chi connectivity index (χ0n) is 15.1. The Morgan fingerprint density at radius 3 is 2.57 bits per heavy atom. The van der Waals surface area contributed by atoms with Gasteiger partial charge in [-0.05, 0) is 36.4 Å². The third-order valence-electron chi connectivity index (χ3n) is 3.93. The molecule has 152 valence electrons. The molecule has 0 aliphatic heterocycles. The van der Waals surface area contributed by atoms with Crippen molar-refractivity contribution in [3.63, 3.8) is 0 Å². The molecule has 0 fully saturated rings. The molecule has 0 radical (unpaired) electrons. The van der Waals surface area contributed by atoms with Crippen molar-refractivity contribution < 1.29 is 9.32 Å². The molecule has 0 aliphatic rings. The van der Waals surface area contributed by atoms with Crippen molar-refractivity contribution in [2.24, 2.45) is 0 Å². The van der Waals surface area contributed by atoms with Crippen molar-refractivity contribution in [3.8, 4) is 0 Å². The summed E-state index contributed by atoms with van der Waals surface area (Å²) in [5, 5.41) is 7.96. The number of rotatable bonds is 7. The zero-order valence-corrected chi connectivity index (χ0v) is 18.3. The minimum atomic E-state index is -0.359. The van der Waals surface area contributed by atoms with Crippen molar-refractivity contribution in [1.29, 1.82) is 0 Å². The summed E-state index contributed by atoms with van der Waals surface area (Å²) in [5.74, 6) is 1.01. The van der Waals surface area contributed by atoms with Crippen LogP contribution < -0.4 is 11.1 Å². The number of nitrogens with zero attached hydrogens (tertiary/aromatic N) is 3. The van der Waals surface area contributed by atoms with E-state index in [1.807, 2.05) is 24.3 Å².